The van der Waals surface area contributed by atoms with E-state index >= 15 is 0 Å². The van der Waals surface area contributed by atoms with Crippen LogP contribution in [0.15, 0.2) is 54.6 Å². The first-order chi connectivity index (χ1) is 12.4. The van der Waals surface area contributed by atoms with Crippen molar-refractivity contribution in [2.75, 3.05) is 5.32 Å². The molecular formula is C20H17ClN2O3. The summed E-state index contributed by atoms with van der Waals surface area (Å²) in [4.78, 5) is 29.0. The number of hydrogen-bond acceptors (Lipinski definition) is 4. The molecular weight excluding hydrogens is 352 g/mol. The highest BCUT2D eigenvalue weighted by Gasteiger charge is 2.21. The van der Waals surface area contributed by atoms with E-state index in [4.69, 9.17) is 16.3 Å². The lowest BCUT2D eigenvalue weighted by Gasteiger charge is -2.14. The Balaban J connectivity index is 1.76. The summed E-state index contributed by atoms with van der Waals surface area (Å²) in [6.45, 7) is 3.45. The number of nitrogens with zero attached hydrogens (tertiary/aromatic N) is 1. The fourth-order valence-electron chi connectivity index (χ4n) is 2.56. The van der Waals surface area contributed by atoms with Gasteiger partial charge in [0.15, 0.2) is 6.10 Å². The summed E-state index contributed by atoms with van der Waals surface area (Å²) in [5.74, 6) is -1.04. The Bertz CT molecular complexity index is 988. The third kappa shape index (κ3) is 4.00. The van der Waals surface area contributed by atoms with Gasteiger partial charge in [-0.2, -0.15) is 0 Å². The quantitative estimate of drug-likeness (QED) is 0.548. The maximum atomic E-state index is 12.5. The van der Waals surface area contributed by atoms with E-state index in [1.807, 2.05) is 25.1 Å². The number of ether oxygens (including phenoxy) is 1. The maximum Gasteiger partial charge on any atom is 0.339 e. The van der Waals surface area contributed by atoms with Crippen LogP contribution in [-0.4, -0.2) is 23.0 Å². The van der Waals surface area contributed by atoms with Crippen LogP contribution in [0.2, 0.25) is 5.15 Å². The molecule has 132 valence electrons. The highest BCUT2D eigenvalue weighted by molar-refractivity contribution is 6.30. The van der Waals surface area contributed by atoms with Crippen LogP contribution in [0.1, 0.15) is 22.8 Å². The summed E-state index contributed by atoms with van der Waals surface area (Å²) >= 11 is 5.99. The molecule has 3 aromatic rings. The van der Waals surface area contributed by atoms with Gasteiger partial charge >= 0.3 is 5.97 Å². The van der Waals surface area contributed by atoms with Crippen LogP contribution in [0.3, 0.4) is 0 Å². The van der Waals surface area contributed by atoms with Gasteiger partial charge in [-0.15, -0.1) is 0 Å². The number of benzene rings is 2. The van der Waals surface area contributed by atoms with Crippen LogP contribution in [0.4, 0.5) is 5.69 Å². The Morgan fingerprint density at radius 1 is 1.12 bits per heavy atom. The Kier molecular flexibility index (Phi) is 5.19. The normalized spacial score (nSPS) is 11.8. The number of rotatable bonds is 4. The molecule has 1 atom stereocenters. The third-order valence-electron chi connectivity index (χ3n) is 3.84. The molecule has 0 unspecified atom stereocenters. The van der Waals surface area contributed by atoms with Crippen molar-refractivity contribution in [1.29, 1.82) is 0 Å². The minimum absolute atomic E-state index is 0.188. The van der Waals surface area contributed by atoms with E-state index < -0.39 is 18.0 Å². The van der Waals surface area contributed by atoms with Crippen LogP contribution < -0.4 is 5.32 Å². The molecule has 1 N–H and O–H groups in total. The van der Waals surface area contributed by atoms with Crippen molar-refractivity contribution in [3.05, 3.63) is 70.9 Å². The first-order valence-electron chi connectivity index (χ1n) is 8.08. The molecule has 0 saturated heterocycles. The number of anilines is 1. The van der Waals surface area contributed by atoms with Crippen molar-refractivity contribution in [2.45, 2.75) is 20.0 Å². The number of aryl methyl sites for hydroxylation is 1. The van der Waals surface area contributed by atoms with Crippen LogP contribution in [-0.2, 0) is 9.53 Å². The summed E-state index contributed by atoms with van der Waals surface area (Å²) in [5.41, 5.74) is 2.53. The number of aromatic nitrogens is 1. The molecule has 6 heteroatoms. The van der Waals surface area contributed by atoms with Gasteiger partial charge in [0.25, 0.3) is 5.91 Å². The predicted molar refractivity (Wildman–Crippen MR) is 101 cm³/mol. The summed E-state index contributed by atoms with van der Waals surface area (Å²) in [6.07, 6.45) is -0.964. The van der Waals surface area contributed by atoms with E-state index in [2.05, 4.69) is 10.3 Å². The molecule has 2 aromatic carbocycles. The number of esters is 1. The van der Waals surface area contributed by atoms with E-state index in [-0.39, 0.29) is 10.7 Å². The third-order valence-corrected chi connectivity index (χ3v) is 4.04. The number of amides is 1. The summed E-state index contributed by atoms with van der Waals surface area (Å²) in [7, 11) is 0. The van der Waals surface area contributed by atoms with E-state index in [0.717, 1.165) is 5.56 Å². The number of hydrogen-bond donors (Lipinski definition) is 1. The van der Waals surface area contributed by atoms with Crippen molar-refractivity contribution < 1.29 is 14.3 Å². The minimum atomic E-state index is -0.964. The van der Waals surface area contributed by atoms with Gasteiger partial charge in [0.2, 0.25) is 0 Å². The molecule has 26 heavy (non-hydrogen) atoms. The minimum Gasteiger partial charge on any atom is -0.449 e. The summed E-state index contributed by atoms with van der Waals surface area (Å²) in [5, 5.41) is 3.54. The standard InChI is InChI=1S/C20H17ClN2O3/c1-12-6-5-7-14(10-12)22-19(24)13(2)26-20(25)16-11-18(21)23-17-9-4-3-8-15(16)17/h3-11,13H,1-2H3,(H,22,24)/t13-/m0/s1. The fraction of sp³-hybridized carbons (Fsp3) is 0.150. The van der Waals surface area contributed by atoms with Gasteiger partial charge < -0.3 is 10.1 Å². The van der Waals surface area contributed by atoms with E-state index in [1.165, 1.54) is 13.0 Å². The highest BCUT2D eigenvalue weighted by atomic mass is 35.5. The first kappa shape index (κ1) is 17.9. The molecule has 0 aliphatic rings. The number of nitrogens with one attached hydrogen (secondary N) is 1. The molecule has 0 aliphatic heterocycles. The Labute approximate surface area is 156 Å². The Morgan fingerprint density at radius 3 is 2.65 bits per heavy atom. The second kappa shape index (κ2) is 7.54. The number of pyridine rings is 1. The van der Waals surface area contributed by atoms with Crippen molar-refractivity contribution in [2.24, 2.45) is 0 Å². The monoisotopic (exact) mass is 368 g/mol. The van der Waals surface area contributed by atoms with Gasteiger partial charge in [-0.3, -0.25) is 4.79 Å². The highest BCUT2D eigenvalue weighted by Crippen LogP contribution is 2.22. The second-order valence-corrected chi connectivity index (χ2v) is 6.30. The molecule has 0 aliphatic carbocycles. The predicted octanol–water partition coefficient (Wildman–Crippen LogP) is 4.38. The molecule has 0 bridgehead atoms. The number of carbonyl (C=O) groups is 2. The van der Waals surface area contributed by atoms with Gasteiger partial charge in [0.05, 0.1) is 11.1 Å². The zero-order valence-corrected chi connectivity index (χ0v) is 15.1. The molecule has 1 amide bonds. The van der Waals surface area contributed by atoms with Crippen LogP contribution in [0, 0.1) is 6.92 Å². The van der Waals surface area contributed by atoms with Gasteiger partial charge in [-0.1, -0.05) is 41.9 Å². The molecule has 0 spiro atoms. The van der Waals surface area contributed by atoms with Crippen LogP contribution >= 0.6 is 11.6 Å². The lowest BCUT2D eigenvalue weighted by molar-refractivity contribution is -0.123. The average Bonchev–Trinajstić information content (AvgIpc) is 2.60. The lowest BCUT2D eigenvalue weighted by atomic mass is 10.1. The number of carbonyl (C=O) groups excluding carboxylic acids is 2. The lowest BCUT2D eigenvalue weighted by Crippen LogP contribution is -2.30. The SMILES string of the molecule is Cc1cccc(NC(=O)[C@H](C)OC(=O)c2cc(Cl)nc3ccccc23)c1. The topological polar surface area (TPSA) is 68.3 Å². The van der Waals surface area contributed by atoms with Gasteiger partial charge in [0, 0.05) is 11.1 Å². The number of para-hydroxylation sites is 1. The molecule has 1 heterocycles. The van der Waals surface area contributed by atoms with Crippen molar-refractivity contribution in [1.82, 2.24) is 4.98 Å². The molecule has 1 aromatic heterocycles. The van der Waals surface area contributed by atoms with Crippen LogP contribution in [0.25, 0.3) is 10.9 Å². The Morgan fingerprint density at radius 2 is 1.88 bits per heavy atom. The molecule has 0 fully saturated rings. The van der Waals surface area contributed by atoms with Crippen molar-refractivity contribution >= 4 is 40.1 Å². The zero-order chi connectivity index (χ0) is 18.7. The van der Waals surface area contributed by atoms with E-state index in [0.29, 0.717) is 16.6 Å². The van der Waals surface area contributed by atoms with Crippen LogP contribution in [0.5, 0.6) is 0 Å². The van der Waals surface area contributed by atoms with Crippen molar-refractivity contribution in [3.63, 3.8) is 0 Å². The van der Waals surface area contributed by atoms with Gasteiger partial charge in [-0.05, 0) is 43.7 Å². The molecule has 5 nitrogen and oxygen atoms in total. The van der Waals surface area contributed by atoms with Gasteiger partial charge in [0.1, 0.15) is 5.15 Å². The second-order valence-electron chi connectivity index (χ2n) is 5.92. The molecule has 0 radical (unpaired) electrons. The number of halogens is 1. The fourth-order valence-corrected chi connectivity index (χ4v) is 2.76. The first-order valence-corrected chi connectivity index (χ1v) is 8.45. The maximum absolute atomic E-state index is 12.5. The number of fused-ring (bicyclic) bond motifs is 1. The molecule has 3 rings (SSSR count). The van der Waals surface area contributed by atoms with E-state index in [1.54, 1.807) is 30.3 Å². The zero-order valence-electron chi connectivity index (χ0n) is 14.3. The summed E-state index contributed by atoms with van der Waals surface area (Å²) in [6, 6.07) is 15.9. The summed E-state index contributed by atoms with van der Waals surface area (Å²) < 4.78 is 5.33. The van der Waals surface area contributed by atoms with Crippen molar-refractivity contribution in [3.8, 4) is 0 Å². The largest absolute Gasteiger partial charge is 0.449 e. The average molecular weight is 369 g/mol. The smallest absolute Gasteiger partial charge is 0.339 e. The molecule has 0 saturated carbocycles. The Hall–Kier alpha value is -2.92. The van der Waals surface area contributed by atoms with Gasteiger partial charge in [-0.25, -0.2) is 9.78 Å². The van der Waals surface area contributed by atoms with E-state index in [9.17, 15) is 9.59 Å².